The Kier molecular flexibility index (Phi) is 4.00. The molecule has 0 saturated heterocycles. The Bertz CT molecular complexity index is 693. The maximum absolute atomic E-state index is 13.5. The molecular weight excluding hydrogens is 299 g/mol. The number of carbonyl (C=O) groups excluding carboxylic acids is 1. The molecule has 1 aliphatic rings. The summed E-state index contributed by atoms with van der Waals surface area (Å²) in [7, 11) is 1.80. The molecule has 0 aliphatic heterocycles. The SMILES string of the molecule is Cc1nc(CN(C)C(=O)C2(c3cccc(F)c3)CCC2)cs1. The summed E-state index contributed by atoms with van der Waals surface area (Å²) in [4.78, 5) is 19.1. The molecular formula is C17H19FN2OS. The Morgan fingerprint density at radius 2 is 2.23 bits per heavy atom. The number of rotatable bonds is 4. The van der Waals surface area contributed by atoms with Crippen LogP contribution in [0.2, 0.25) is 0 Å². The minimum Gasteiger partial charge on any atom is -0.339 e. The molecule has 1 aliphatic carbocycles. The first-order valence-corrected chi connectivity index (χ1v) is 8.32. The molecule has 1 aromatic carbocycles. The van der Waals surface area contributed by atoms with Gasteiger partial charge in [-0.05, 0) is 37.5 Å². The zero-order valence-electron chi connectivity index (χ0n) is 12.8. The lowest BCUT2D eigenvalue weighted by Crippen LogP contribution is -2.49. The standard InChI is InChI=1S/C17H19FN2OS/c1-12-19-15(11-22-12)10-20(2)16(21)17(7-4-8-17)13-5-3-6-14(18)9-13/h3,5-6,9,11H,4,7-8,10H2,1-2H3. The highest BCUT2D eigenvalue weighted by Gasteiger charge is 2.47. The van der Waals surface area contributed by atoms with Crippen molar-refractivity contribution in [1.29, 1.82) is 0 Å². The van der Waals surface area contributed by atoms with Crippen molar-refractivity contribution in [3.8, 4) is 0 Å². The molecule has 0 radical (unpaired) electrons. The first-order valence-electron chi connectivity index (χ1n) is 7.44. The van der Waals surface area contributed by atoms with Gasteiger partial charge >= 0.3 is 0 Å². The summed E-state index contributed by atoms with van der Waals surface area (Å²) >= 11 is 1.59. The van der Waals surface area contributed by atoms with Gasteiger partial charge in [0.2, 0.25) is 5.91 Å². The van der Waals surface area contributed by atoms with Crippen molar-refractivity contribution in [3.05, 3.63) is 51.7 Å². The van der Waals surface area contributed by atoms with Gasteiger partial charge in [-0.3, -0.25) is 4.79 Å². The Morgan fingerprint density at radius 1 is 1.45 bits per heavy atom. The average molecular weight is 318 g/mol. The third kappa shape index (κ3) is 2.65. The second-order valence-corrected chi connectivity index (χ2v) is 7.03. The van der Waals surface area contributed by atoms with Crippen molar-refractivity contribution < 1.29 is 9.18 Å². The number of carbonyl (C=O) groups is 1. The van der Waals surface area contributed by atoms with Crippen LogP contribution < -0.4 is 0 Å². The summed E-state index contributed by atoms with van der Waals surface area (Å²) in [6.07, 6.45) is 2.58. The number of halogens is 1. The summed E-state index contributed by atoms with van der Waals surface area (Å²) in [5.41, 5.74) is 1.15. The van der Waals surface area contributed by atoms with Gasteiger partial charge in [0.25, 0.3) is 0 Å². The number of benzene rings is 1. The first-order chi connectivity index (χ1) is 10.5. The van der Waals surface area contributed by atoms with E-state index in [9.17, 15) is 9.18 Å². The number of nitrogens with zero attached hydrogens (tertiary/aromatic N) is 2. The highest BCUT2D eigenvalue weighted by Crippen LogP contribution is 2.45. The third-order valence-electron chi connectivity index (χ3n) is 4.41. The minimum atomic E-state index is -0.554. The fourth-order valence-electron chi connectivity index (χ4n) is 3.10. The Hall–Kier alpha value is -1.75. The van der Waals surface area contributed by atoms with Crippen molar-refractivity contribution in [2.75, 3.05) is 7.05 Å². The van der Waals surface area contributed by atoms with Gasteiger partial charge in [-0.1, -0.05) is 18.6 Å². The topological polar surface area (TPSA) is 33.2 Å². The fraction of sp³-hybridized carbons (Fsp3) is 0.412. The van der Waals surface area contributed by atoms with Crippen molar-refractivity contribution >= 4 is 17.2 Å². The minimum absolute atomic E-state index is 0.0648. The van der Waals surface area contributed by atoms with Crippen LogP contribution in [-0.2, 0) is 16.8 Å². The molecule has 1 amide bonds. The predicted octanol–water partition coefficient (Wildman–Crippen LogP) is 3.67. The van der Waals surface area contributed by atoms with Crippen molar-refractivity contribution in [2.45, 2.75) is 38.1 Å². The molecule has 1 fully saturated rings. The molecule has 0 unspecified atom stereocenters. The number of aromatic nitrogens is 1. The van der Waals surface area contributed by atoms with E-state index < -0.39 is 5.41 Å². The van der Waals surface area contributed by atoms with Gasteiger partial charge in [0.05, 0.1) is 22.7 Å². The van der Waals surface area contributed by atoms with E-state index in [1.807, 2.05) is 18.4 Å². The van der Waals surface area contributed by atoms with Crippen LogP contribution in [0.3, 0.4) is 0 Å². The van der Waals surface area contributed by atoms with Gasteiger partial charge in [0, 0.05) is 12.4 Å². The first kappa shape index (κ1) is 15.2. The molecule has 1 heterocycles. The van der Waals surface area contributed by atoms with E-state index in [-0.39, 0.29) is 11.7 Å². The van der Waals surface area contributed by atoms with Crippen LogP contribution >= 0.6 is 11.3 Å². The summed E-state index contributed by atoms with van der Waals surface area (Å²) < 4.78 is 13.5. The van der Waals surface area contributed by atoms with Gasteiger partial charge in [0.15, 0.2) is 0 Å². The van der Waals surface area contributed by atoms with Crippen LogP contribution in [0.25, 0.3) is 0 Å². The molecule has 1 saturated carbocycles. The summed E-state index contributed by atoms with van der Waals surface area (Å²) in [6, 6.07) is 6.46. The number of aryl methyl sites for hydroxylation is 1. The highest BCUT2D eigenvalue weighted by molar-refractivity contribution is 7.09. The van der Waals surface area contributed by atoms with Crippen LogP contribution in [0, 0.1) is 12.7 Å². The molecule has 22 heavy (non-hydrogen) atoms. The predicted molar refractivity (Wildman–Crippen MR) is 85.3 cm³/mol. The monoisotopic (exact) mass is 318 g/mol. The van der Waals surface area contributed by atoms with E-state index >= 15 is 0 Å². The van der Waals surface area contributed by atoms with E-state index in [1.165, 1.54) is 12.1 Å². The van der Waals surface area contributed by atoms with E-state index in [0.29, 0.717) is 6.54 Å². The lowest BCUT2D eigenvalue weighted by Gasteiger charge is -2.43. The van der Waals surface area contributed by atoms with Crippen LogP contribution in [0.4, 0.5) is 4.39 Å². The van der Waals surface area contributed by atoms with Crippen LogP contribution in [0.15, 0.2) is 29.6 Å². The molecule has 3 nitrogen and oxygen atoms in total. The smallest absolute Gasteiger partial charge is 0.233 e. The number of thiazole rings is 1. The summed E-state index contributed by atoms with van der Waals surface area (Å²) in [6.45, 7) is 2.45. The Morgan fingerprint density at radius 3 is 2.77 bits per heavy atom. The number of likely N-dealkylation sites (N-methyl/N-ethyl adjacent to an activating group) is 1. The molecule has 1 aromatic heterocycles. The quantitative estimate of drug-likeness (QED) is 0.862. The number of hydrogen-bond acceptors (Lipinski definition) is 3. The zero-order valence-corrected chi connectivity index (χ0v) is 13.6. The van der Waals surface area contributed by atoms with Gasteiger partial charge < -0.3 is 4.90 Å². The molecule has 0 bridgehead atoms. The second-order valence-electron chi connectivity index (χ2n) is 5.97. The van der Waals surface area contributed by atoms with Crippen molar-refractivity contribution in [3.63, 3.8) is 0 Å². The highest BCUT2D eigenvalue weighted by atomic mass is 32.1. The van der Waals surface area contributed by atoms with Gasteiger partial charge in [-0.2, -0.15) is 0 Å². The number of amides is 1. The van der Waals surface area contributed by atoms with Gasteiger partial charge in [-0.25, -0.2) is 9.37 Å². The molecule has 0 N–H and O–H groups in total. The van der Waals surface area contributed by atoms with E-state index in [2.05, 4.69) is 4.98 Å². The largest absolute Gasteiger partial charge is 0.339 e. The molecule has 0 atom stereocenters. The van der Waals surface area contributed by atoms with Crippen LogP contribution in [0.5, 0.6) is 0 Å². The van der Waals surface area contributed by atoms with E-state index in [4.69, 9.17) is 0 Å². The molecule has 116 valence electrons. The second kappa shape index (κ2) is 5.80. The Balaban J connectivity index is 1.82. The van der Waals surface area contributed by atoms with Crippen molar-refractivity contribution in [1.82, 2.24) is 9.88 Å². The lowest BCUT2D eigenvalue weighted by molar-refractivity contribution is -0.140. The maximum atomic E-state index is 13.5. The van der Waals surface area contributed by atoms with E-state index in [0.717, 1.165) is 35.5 Å². The van der Waals surface area contributed by atoms with Crippen LogP contribution in [0.1, 0.15) is 35.5 Å². The normalized spacial score (nSPS) is 16.1. The lowest BCUT2D eigenvalue weighted by atomic mass is 9.63. The fourth-order valence-corrected chi connectivity index (χ4v) is 3.71. The average Bonchev–Trinajstić information content (AvgIpc) is 2.83. The van der Waals surface area contributed by atoms with Gasteiger partial charge in [0.1, 0.15) is 5.82 Å². The third-order valence-corrected chi connectivity index (χ3v) is 5.23. The van der Waals surface area contributed by atoms with E-state index in [1.54, 1.807) is 29.4 Å². The molecule has 5 heteroatoms. The molecule has 3 rings (SSSR count). The Labute approximate surface area is 133 Å². The summed E-state index contributed by atoms with van der Waals surface area (Å²) in [5, 5.41) is 2.98. The maximum Gasteiger partial charge on any atom is 0.233 e. The molecule has 0 spiro atoms. The van der Waals surface area contributed by atoms with Crippen LogP contribution in [-0.4, -0.2) is 22.8 Å². The molecule has 2 aromatic rings. The summed E-state index contributed by atoms with van der Waals surface area (Å²) in [5.74, 6) is -0.218. The van der Waals surface area contributed by atoms with Crippen molar-refractivity contribution in [2.24, 2.45) is 0 Å². The number of hydrogen-bond donors (Lipinski definition) is 0. The zero-order chi connectivity index (χ0) is 15.7. The van der Waals surface area contributed by atoms with Gasteiger partial charge in [-0.15, -0.1) is 11.3 Å².